The lowest BCUT2D eigenvalue weighted by Gasteiger charge is -2.12. The van der Waals surface area contributed by atoms with Crippen molar-refractivity contribution in [2.75, 3.05) is 7.05 Å². The number of rotatable bonds is 3. The maximum absolute atomic E-state index is 12.5. The zero-order chi connectivity index (χ0) is 15.5. The van der Waals surface area contributed by atoms with Crippen molar-refractivity contribution in [2.45, 2.75) is 18.7 Å². The molecule has 0 radical (unpaired) electrons. The number of amidine groups is 1. The maximum atomic E-state index is 12.5. The molecule has 0 saturated carbocycles. The van der Waals surface area contributed by atoms with Crippen molar-refractivity contribution < 1.29 is 8.42 Å². The van der Waals surface area contributed by atoms with Gasteiger partial charge >= 0.3 is 0 Å². The third kappa shape index (κ3) is 3.49. The molecule has 0 amide bonds. The van der Waals surface area contributed by atoms with E-state index in [0.29, 0.717) is 11.4 Å². The number of hydrogen-bond donors (Lipinski definition) is 1. The maximum Gasteiger partial charge on any atom is 0.263 e. The quantitative estimate of drug-likeness (QED) is 0.700. The molecule has 0 aliphatic carbocycles. The van der Waals surface area contributed by atoms with E-state index in [1.54, 1.807) is 26.1 Å². The van der Waals surface area contributed by atoms with Crippen molar-refractivity contribution in [3.63, 3.8) is 0 Å². The van der Waals surface area contributed by atoms with Crippen molar-refractivity contribution in [3.05, 3.63) is 65.2 Å². The van der Waals surface area contributed by atoms with Gasteiger partial charge < -0.3 is 0 Å². The average molecular weight is 302 g/mol. The van der Waals surface area contributed by atoms with Crippen molar-refractivity contribution in [3.8, 4) is 0 Å². The minimum Gasteiger partial charge on any atom is -0.271 e. The van der Waals surface area contributed by atoms with Gasteiger partial charge in [0.25, 0.3) is 10.0 Å². The summed E-state index contributed by atoms with van der Waals surface area (Å²) in [6, 6.07) is 14.4. The molecule has 0 heterocycles. The Morgan fingerprint density at radius 3 is 2.29 bits per heavy atom. The first kappa shape index (κ1) is 15.3. The van der Waals surface area contributed by atoms with Crippen LogP contribution in [0.3, 0.4) is 0 Å². The molecule has 1 N–H and O–H groups in total. The van der Waals surface area contributed by atoms with E-state index in [9.17, 15) is 8.42 Å². The summed E-state index contributed by atoms with van der Waals surface area (Å²) in [5.41, 5.74) is 2.47. The van der Waals surface area contributed by atoms with Crippen LogP contribution in [0.15, 0.2) is 58.4 Å². The first-order valence-electron chi connectivity index (χ1n) is 6.56. The first-order valence-corrected chi connectivity index (χ1v) is 8.04. The number of hydrogen-bond acceptors (Lipinski definition) is 3. The van der Waals surface area contributed by atoms with Crippen LogP contribution in [0, 0.1) is 13.8 Å². The molecule has 0 aliphatic rings. The molecule has 2 rings (SSSR count). The van der Waals surface area contributed by atoms with Gasteiger partial charge in [-0.25, -0.2) is 8.42 Å². The van der Waals surface area contributed by atoms with E-state index in [2.05, 4.69) is 9.71 Å². The highest BCUT2D eigenvalue weighted by Crippen LogP contribution is 2.16. The summed E-state index contributed by atoms with van der Waals surface area (Å²) < 4.78 is 27.6. The fraction of sp³-hybridized carbons (Fsp3) is 0.188. The number of aryl methyl sites for hydroxylation is 2. The molecule has 5 heteroatoms. The van der Waals surface area contributed by atoms with Crippen LogP contribution < -0.4 is 4.72 Å². The summed E-state index contributed by atoms with van der Waals surface area (Å²) in [6.07, 6.45) is 0. The van der Waals surface area contributed by atoms with E-state index in [-0.39, 0.29) is 4.90 Å². The molecule has 4 nitrogen and oxygen atoms in total. The minimum atomic E-state index is -3.65. The van der Waals surface area contributed by atoms with Gasteiger partial charge in [0.05, 0.1) is 4.90 Å². The smallest absolute Gasteiger partial charge is 0.263 e. The lowest BCUT2D eigenvalue weighted by atomic mass is 10.2. The molecule has 0 spiro atoms. The Hall–Kier alpha value is -2.14. The summed E-state index contributed by atoms with van der Waals surface area (Å²) in [6.45, 7) is 3.71. The van der Waals surface area contributed by atoms with Crippen LogP contribution in [0.4, 0.5) is 0 Å². The first-order chi connectivity index (χ1) is 9.94. The molecule has 21 heavy (non-hydrogen) atoms. The third-order valence-corrected chi connectivity index (χ3v) is 4.62. The topological polar surface area (TPSA) is 58.5 Å². The van der Waals surface area contributed by atoms with Crippen molar-refractivity contribution in [2.24, 2.45) is 4.99 Å². The Morgan fingerprint density at radius 2 is 1.71 bits per heavy atom. The SMILES string of the molecule is CN=C(NS(=O)(=O)c1ccc(C)cc1C)c1ccccc1. The van der Waals surface area contributed by atoms with E-state index >= 15 is 0 Å². The van der Waals surface area contributed by atoms with Crippen LogP contribution in [0.2, 0.25) is 0 Å². The van der Waals surface area contributed by atoms with Gasteiger partial charge in [-0.15, -0.1) is 0 Å². The third-order valence-electron chi connectivity index (χ3n) is 3.12. The summed E-state index contributed by atoms with van der Waals surface area (Å²) in [7, 11) is -2.09. The lowest BCUT2D eigenvalue weighted by molar-refractivity contribution is 0.592. The minimum absolute atomic E-state index is 0.269. The summed E-state index contributed by atoms with van der Waals surface area (Å²) in [4.78, 5) is 4.31. The van der Waals surface area contributed by atoms with Crippen LogP contribution >= 0.6 is 0 Å². The van der Waals surface area contributed by atoms with Crippen LogP contribution in [0.1, 0.15) is 16.7 Å². The van der Waals surface area contributed by atoms with Gasteiger partial charge in [0, 0.05) is 12.6 Å². The zero-order valence-corrected chi connectivity index (χ0v) is 13.1. The Morgan fingerprint density at radius 1 is 1.05 bits per heavy atom. The van der Waals surface area contributed by atoms with Gasteiger partial charge in [-0.05, 0) is 25.5 Å². The molecular weight excluding hydrogens is 284 g/mol. The van der Waals surface area contributed by atoms with Crippen LogP contribution in [-0.2, 0) is 10.0 Å². The molecule has 110 valence electrons. The standard InChI is InChI=1S/C16H18N2O2S/c1-12-9-10-15(13(2)11-12)21(19,20)18-16(17-3)14-7-5-4-6-8-14/h4-11H,1-3H3,(H,17,18). The number of aliphatic imine (C=N–C) groups is 1. The number of benzene rings is 2. The second-order valence-electron chi connectivity index (χ2n) is 4.81. The van der Waals surface area contributed by atoms with Crippen LogP contribution in [-0.4, -0.2) is 21.3 Å². The Bertz CT molecular complexity index is 766. The molecule has 0 aliphatic heterocycles. The van der Waals surface area contributed by atoms with Crippen molar-refractivity contribution in [1.82, 2.24) is 4.72 Å². The normalized spacial score (nSPS) is 12.2. The fourth-order valence-corrected chi connectivity index (χ4v) is 3.42. The van der Waals surface area contributed by atoms with Gasteiger partial charge in [0.1, 0.15) is 5.84 Å². The predicted molar refractivity (Wildman–Crippen MR) is 85.1 cm³/mol. The van der Waals surface area contributed by atoms with E-state index in [1.165, 1.54) is 0 Å². The fourth-order valence-electron chi connectivity index (χ4n) is 2.11. The van der Waals surface area contributed by atoms with Gasteiger partial charge in [-0.3, -0.25) is 9.71 Å². The molecule has 2 aromatic carbocycles. The van der Waals surface area contributed by atoms with E-state index in [4.69, 9.17) is 0 Å². The average Bonchev–Trinajstić information content (AvgIpc) is 2.45. The van der Waals surface area contributed by atoms with Crippen molar-refractivity contribution >= 4 is 15.9 Å². The number of sulfonamides is 1. The molecule has 0 aromatic heterocycles. The van der Waals surface area contributed by atoms with Gasteiger partial charge in [-0.2, -0.15) is 0 Å². The largest absolute Gasteiger partial charge is 0.271 e. The predicted octanol–water partition coefficient (Wildman–Crippen LogP) is 2.66. The van der Waals surface area contributed by atoms with E-state index < -0.39 is 10.0 Å². The van der Waals surface area contributed by atoms with Crippen molar-refractivity contribution in [1.29, 1.82) is 0 Å². The number of nitrogens with one attached hydrogen (secondary N) is 1. The Balaban J connectivity index is 2.37. The number of nitrogens with zero attached hydrogens (tertiary/aromatic N) is 1. The molecular formula is C16H18N2O2S. The second kappa shape index (κ2) is 6.10. The summed E-state index contributed by atoms with van der Waals surface area (Å²) in [5, 5.41) is 0. The Kier molecular flexibility index (Phi) is 4.43. The van der Waals surface area contributed by atoms with Gasteiger partial charge in [-0.1, -0.05) is 48.0 Å². The summed E-state index contributed by atoms with van der Waals surface area (Å²) >= 11 is 0. The molecule has 0 unspecified atom stereocenters. The molecule has 2 aromatic rings. The van der Waals surface area contributed by atoms with Crippen LogP contribution in [0.25, 0.3) is 0 Å². The lowest BCUT2D eigenvalue weighted by Crippen LogP contribution is -2.31. The highest BCUT2D eigenvalue weighted by molar-refractivity contribution is 7.90. The highest BCUT2D eigenvalue weighted by atomic mass is 32.2. The Labute approximate surface area is 125 Å². The monoisotopic (exact) mass is 302 g/mol. The van der Waals surface area contributed by atoms with Gasteiger partial charge in [0.15, 0.2) is 0 Å². The molecule has 0 bridgehead atoms. The highest BCUT2D eigenvalue weighted by Gasteiger charge is 2.19. The molecule has 0 atom stereocenters. The summed E-state index contributed by atoms with van der Waals surface area (Å²) in [5.74, 6) is 0.329. The second-order valence-corrected chi connectivity index (χ2v) is 6.46. The van der Waals surface area contributed by atoms with Crippen LogP contribution in [0.5, 0.6) is 0 Å². The van der Waals surface area contributed by atoms with Gasteiger partial charge in [0.2, 0.25) is 0 Å². The van der Waals surface area contributed by atoms with E-state index in [1.807, 2.05) is 43.3 Å². The van der Waals surface area contributed by atoms with E-state index in [0.717, 1.165) is 11.1 Å². The molecule has 0 fully saturated rings. The zero-order valence-electron chi connectivity index (χ0n) is 12.3. The molecule has 0 saturated heterocycles.